The van der Waals surface area contributed by atoms with Crippen LogP contribution >= 0.6 is 11.8 Å². The van der Waals surface area contributed by atoms with Crippen LogP contribution in [0.15, 0.2) is 24.3 Å². The van der Waals surface area contributed by atoms with Crippen molar-refractivity contribution in [3.63, 3.8) is 0 Å². The number of ether oxygens (including phenoxy) is 1. The molecule has 0 heterocycles. The standard InChI is InChI=1S/C16H23NO2S/c1-5-10-19-15-8-6-14(7-9-15)13(2)17-11-16(3,18)12-20-4/h1,6-9,13,17-18H,10-12H2,2-4H3. The largest absolute Gasteiger partial charge is 0.481 e. The Morgan fingerprint density at radius 3 is 2.65 bits per heavy atom. The molecule has 0 fully saturated rings. The fraction of sp³-hybridized carbons (Fsp3) is 0.500. The summed E-state index contributed by atoms with van der Waals surface area (Å²) in [5, 5.41) is 13.5. The highest BCUT2D eigenvalue weighted by Gasteiger charge is 2.20. The Hall–Kier alpha value is -1.15. The molecule has 0 aromatic heterocycles. The summed E-state index contributed by atoms with van der Waals surface area (Å²) in [7, 11) is 0. The number of nitrogens with one attached hydrogen (secondary N) is 1. The van der Waals surface area contributed by atoms with Gasteiger partial charge in [-0.15, -0.1) is 6.42 Å². The Balaban J connectivity index is 2.51. The lowest BCUT2D eigenvalue weighted by Crippen LogP contribution is -2.40. The van der Waals surface area contributed by atoms with Crippen LogP contribution in [0.1, 0.15) is 25.5 Å². The molecule has 0 spiro atoms. The summed E-state index contributed by atoms with van der Waals surface area (Å²) in [6.45, 7) is 4.77. The SMILES string of the molecule is C#CCOc1ccc(C(C)NCC(C)(O)CSC)cc1. The minimum atomic E-state index is -0.691. The van der Waals surface area contributed by atoms with E-state index in [9.17, 15) is 5.11 Å². The first kappa shape index (κ1) is 16.9. The molecule has 2 unspecified atom stereocenters. The molecule has 0 radical (unpaired) electrons. The average Bonchev–Trinajstić information content (AvgIpc) is 2.43. The smallest absolute Gasteiger partial charge is 0.148 e. The maximum atomic E-state index is 10.1. The highest BCUT2D eigenvalue weighted by atomic mass is 32.2. The molecule has 0 aliphatic carbocycles. The van der Waals surface area contributed by atoms with Crippen LogP contribution in [0.25, 0.3) is 0 Å². The normalized spacial score (nSPS) is 15.2. The maximum Gasteiger partial charge on any atom is 0.148 e. The monoisotopic (exact) mass is 293 g/mol. The Morgan fingerprint density at radius 1 is 1.45 bits per heavy atom. The van der Waals surface area contributed by atoms with E-state index in [0.29, 0.717) is 12.3 Å². The Bertz CT molecular complexity index is 437. The van der Waals surface area contributed by atoms with Crippen molar-refractivity contribution in [1.29, 1.82) is 0 Å². The molecule has 4 heteroatoms. The van der Waals surface area contributed by atoms with Crippen molar-refractivity contribution >= 4 is 11.8 Å². The average molecular weight is 293 g/mol. The number of benzene rings is 1. The van der Waals surface area contributed by atoms with Gasteiger partial charge in [-0.1, -0.05) is 18.1 Å². The van der Waals surface area contributed by atoms with Crippen molar-refractivity contribution in [2.75, 3.05) is 25.2 Å². The molecule has 0 saturated carbocycles. The van der Waals surface area contributed by atoms with Gasteiger partial charge in [0, 0.05) is 18.3 Å². The van der Waals surface area contributed by atoms with Crippen LogP contribution in [0, 0.1) is 12.3 Å². The highest BCUT2D eigenvalue weighted by Crippen LogP contribution is 2.18. The molecular weight excluding hydrogens is 270 g/mol. The first-order valence-corrected chi connectivity index (χ1v) is 7.99. The molecule has 0 aliphatic heterocycles. The molecule has 20 heavy (non-hydrogen) atoms. The number of hydrogen-bond donors (Lipinski definition) is 2. The summed E-state index contributed by atoms with van der Waals surface area (Å²) in [5.74, 6) is 3.92. The van der Waals surface area contributed by atoms with E-state index in [2.05, 4.69) is 18.2 Å². The molecule has 1 rings (SSSR count). The highest BCUT2D eigenvalue weighted by molar-refractivity contribution is 7.98. The van der Waals surface area contributed by atoms with Gasteiger partial charge in [-0.25, -0.2) is 0 Å². The minimum absolute atomic E-state index is 0.171. The van der Waals surface area contributed by atoms with Crippen LogP contribution in [-0.2, 0) is 0 Å². The van der Waals surface area contributed by atoms with E-state index in [1.165, 1.54) is 0 Å². The van der Waals surface area contributed by atoms with Crippen molar-refractivity contribution < 1.29 is 9.84 Å². The summed E-state index contributed by atoms with van der Waals surface area (Å²) in [6.07, 6.45) is 7.14. The van der Waals surface area contributed by atoms with E-state index in [1.807, 2.05) is 37.4 Å². The number of aliphatic hydroxyl groups is 1. The third-order valence-corrected chi connectivity index (χ3v) is 3.86. The zero-order valence-corrected chi connectivity index (χ0v) is 13.2. The molecular formula is C16H23NO2S. The van der Waals surface area contributed by atoms with Gasteiger partial charge < -0.3 is 15.2 Å². The molecule has 0 aliphatic rings. The van der Waals surface area contributed by atoms with Gasteiger partial charge in [0.05, 0.1) is 5.60 Å². The van der Waals surface area contributed by atoms with Crippen LogP contribution in [-0.4, -0.2) is 35.9 Å². The summed E-state index contributed by atoms with van der Waals surface area (Å²) in [5.41, 5.74) is 0.460. The van der Waals surface area contributed by atoms with Crippen molar-refractivity contribution in [3.8, 4) is 18.1 Å². The van der Waals surface area contributed by atoms with Gasteiger partial charge in [0.25, 0.3) is 0 Å². The lowest BCUT2D eigenvalue weighted by atomic mass is 10.1. The Morgan fingerprint density at radius 2 is 2.10 bits per heavy atom. The van der Waals surface area contributed by atoms with Gasteiger partial charge in [0.15, 0.2) is 0 Å². The second-order valence-corrected chi connectivity index (χ2v) is 5.96. The molecule has 0 bridgehead atoms. The minimum Gasteiger partial charge on any atom is -0.481 e. The summed E-state index contributed by atoms with van der Waals surface area (Å²) >= 11 is 1.64. The lowest BCUT2D eigenvalue weighted by molar-refractivity contribution is 0.0821. The van der Waals surface area contributed by atoms with Crippen LogP contribution in [0.5, 0.6) is 5.75 Å². The third kappa shape index (κ3) is 5.87. The van der Waals surface area contributed by atoms with E-state index in [0.717, 1.165) is 11.3 Å². The van der Waals surface area contributed by atoms with E-state index in [4.69, 9.17) is 11.2 Å². The quantitative estimate of drug-likeness (QED) is 0.723. The fourth-order valence-corrected chi connectivity index (χ4v) is 2.55. The number of hydrogen-bond acceptors (Lipinski definition) is 4. The molecule has 1 aromatic carbocycles. The molecule has 110 valence electrons. The van der Waals surface area contributed by atoms with E-state index < -0.39 is 5.60 Å². The second-order valence-electron chi connectivity index (χ2n) is 5.09. The van der Waals surface area contributed by atoms with Crippen LogP contribution in [0.2, 0.25) is 0 Å². The maximum absolute atomic E-state index is 10.1. The predicted octanol–water partition coefficient (Wildman–Crippen LogP) is 2.46. The first-order valence-electron chi connectivity index (χ1n) is 6.59. The molecule has 3 nitrogen and oxygen atoms in total. The number of thioether (sulfide) groups is 1. The Labute approximate surface area is 126 Å². The Kier molecular flexibility index (Phi) is 6.94. The molecule has 1 aromatic rings. The number of rotatable bonds is 8. The summed E-state index contributed by atoms with van der Waals surface area (Å²) in [4.78, 5) is 0. The van der Waals surface area contributed by atoms with Crippen molar-refractivity contribution in [2.24, 2.45) is 0 Å². The van der Waals surface area contributed by atoms with Crippen molar-refractivity contribution in [3.05, 3.63) is 29.8 Å². The zero-order valence-electron chi connectivity index (χ0n) is 12.3. The summed E-state index contributed by atoms with van der Waals surface area (Å²) in [6, 6.07) is 8.00. The van der Waals surface area contributed by atoms with Gasteiger partial charge in [-0.3, -0.25) is 0 Å². The second kappa shape index (κ2) is 8.21. The lowest BCUT2D eigenvalue weighted by Gasteiger charge is -2.25. The molecule has 2 N–H and O–H groups in total. The fourth-order valence-electron chi connectivity index (χ4n) is 1.83. The molecule has 0 amide bonds. The van der Waals surface area contributed by atoms with E-state index >= 15 is 0 Å². The van der Waals surface area contributed by atoms with Crippen LogP contribution in [0.3, 0.4) is 0 Å². The predicted molar refractivity (Wildman–Crippen MR) is 86.2 cm³/mol. The van der Waals surface area contributed by atoms with Gasteiger partial charge in [-0.05, 0) is 37.8 Å². The van der Waals surface area contributed by atoms with E-state index in [-0.39, 0.29) is 12.6 Å². The topological polar surface area (TPSA) is 41.5 Å². The zero-order chi connectivity index (χ0) is 15.0. The van der Waals surface area contributed by atoms with Crippen molar-refractivity contribution in [2.45, 2.75) is 25.5 Å². The van der Waals surface area contributed by atoms with Crippen molar-refractivity contribution in [1.82, 2.24) is 5.32 Å². The van der Waals surface area contributed by atoms with Crippen LogP contribution < -0.4 is 10.1 Å². The van der Waals surface area contributed by atoms with Gasteiger partial charge in [-0.2, -0.15) is 11.8 Å². The van der Waals surface area contributed by atoms with Gasteiger partial charge in [0.1, 0.15) is 12.4 Å². The molecule has 2 atom stereocenters. The molecule has 0 saturated heterocycles. The first-order chi connectivity index (χ1) is 9.48. The van der Waals surface area contributed by atoms with Gasteiger partial charge >= 0.3 is 0 Å². The number of terminal acetylenes is 1. The summed E-state index contributed by atoms with van der Waals surface area (Å²) < 4.78 is 5.34. The third-order valence-electron chi connectivity index (χ3n) is 2.95. The van der Waals surface area contributed by atoms with Gasteiger partial charge in [0.2, 0.25) is 0 Å². The van der Waals surface area contributed by atoms with Crippen LogP contribution in [0.4, 0.5) is 0 Å². The van der Waals surface area contributed by atoms with E-state index in [1.54, 1.807) is 11.8 Å².